The molecule has 2 aromatic carbocycles. The fourth-order valence-corrected chi connectivity index (χ4v) is 4.64. The second-order valence-corrected chi connectivity index (χ2v) is 8.70. The van der Waals surface area contributed by atoms with Crippen LogP contribution in [0, 0.1) is 0 Å². The van der Waals surface area contributed by atoms with Crippen molar-refractivity contribution in [1.82, 2.24) is 4.90 Å². The molecule has 1 aliphatic rings. The van der Waals surface area contributed by atoms with Crippen LogP contribution in [0.1, 0.15) is 45.6 Å². The highest BCUT2D eigenvalue weighted by atomic mass is 16.5. The van der Waals surface area contributed by atoms with Crippen molar-refractivity contribution in [3.8, 4) is 28.4 Å². The standard InChI is InChI=1S/C28H33NO5/c1-6-33-25-16-26-22(23(17-34-26)20-10-11-24(31-4)27(14-20)32-5)15-21(25)18(2)13-28(30)29-12-8-7-9-19(29)3/h10-11,13-17,19H,6-9,12H2,1-5H3/b18-13+. The van der Waals surface area contributed by atoms with Gasteiger partial charge in [-0.1, -0.05) is 6.07 Å². The monoisotopic (exact) mass is 463 g/mol. The number of likely N-dealkylation sites (tertiary alicyclic amines) is 1. The van der Waals surface area contributed by atoms with Crippen LogP contribution in [0.5, 0.6) is 17.2 Å². The SMILES string of the molecule is CCOc1cc2occ(-c3ccc(OC)c(OC)c3)c2cc1/C(C)=C/C(=O)N1CCCCC1C. The number of carbonyl (C=O) groups is 1. The fraction of sp³-hybridized carbons (Fsp3) is 0.393. The van der Waals surface area contributed by atoms with Crippen LogP contribution in [0.2, 0.25) is 0 Å². The molecule has 0 bridgehead atoms. The molecule has 1 saturated heterocycles. The molecule has 1 unspecified atom stereocenters. The van der Waals surface area contributed by atoms with Crippen molar-refractivity contribution in [1.29, 1.82) is 0 Å². The third-order valence-electron chi connectivity index (χ3n) is 6.52. The maximum atomic E-state index is 13.1. The summed E-state index contributed by atoms with van der Waals surface area (Å²) in [5.74, 6) is 2.08. The zero-order valence-corrected chi connectivity index (χ0v) is 20.6. The smallest absolute Gasteiger partial charge is 0.247 e. The van der Waals surface area contributed by atoms with E-state index >= 15 is 0 Å². The first-order chi connectivity index (χ1) is 16.5. The Morgan fingerprint density at radius 1 is 1.12 bits per heavy atom. The van der Waals surface area contributed by atoms with Gasteiger partial charge in [-0.15, -0.1) is 0 Å². The van der Waals surface area contributed by atoms with Crippen molar-refractivity contribution < 1.29 is 23.4 Å². The van der Waals surface area contributed by atoms with Crippen molar-refractivity contribution >= 4 is 22.4 Å². The molecular weight excluding hydrogens is 430 g/mol. The molecule has 1 aliphatic heterocycles. The third-order valence-corrected chi connectivity index (χ3v) is 6.52. The summed E-state index contributed by atoms with van der Waals surface area (Å²) in [7, 11) is 3.24. The third kappa shape index (κ3) is 4.63. The summed E-state index contributed by atoms with van der Waals surface area (Å²) in [5.41, 5.74) is 4.36. The molecule has 180 valence electrons. The summed E-state index contributed by atoms with van der Waals surface area (Å²) in [6.07, 6.45) is 6.77. The van der Waals surface area contributed by atoms with Crippen LogP contribution in [-0.2, 0) is 4.79 Å². The number of benzene rings is 2. The van der Waals surface area contributed by atoms with Crippen LogP contribution in [0.3, 0.4) is 0 Å². The fourth-order valence-electron chi connectivity index (χ4n) is 4.64. The number of fused-ring (bicyclic) bond motifs is 1. The van der Waals surface area contributed by atoms with E-state index in [1.165, 1.54) is 6.42 Å². The summed E-state index contributed by atoms with van der Waals surface area (Å²) >= 11 is 0. The Kier molecular flexibility index (Phi) is 7.15. The van der Waals surface area contributed by atoms with Crippen molar-refractivity contribution in [2.75, 3.05) is 27.4 Å². The first-order valence-corrected chi connectivity index (χ1v) is 11.9. The molecule has 0 spiro atoms. The van der Waals surface area contributed by atoms with E-state index in [4.69, 9.17) is 18.6 Å². The van der Waals surface area contributed by atoms with Crippen LogP contribution in [0.25, 0.3) is 27.7 Å². The van der Waals surface area contributed by atoms with Gasteiger partial charge < -0.3 is 23.5 Å². The van der Waals surface area contributed by atoms with Gasteiger partial charge in [0, 0.05) is 41.2 Å². The number of rotatable bonds is 7. The lowest BCUT2D eigenvalue weighted by atomic mass is 9.98. The topological polar surface area (TPSA) is 61.1 Å². The van der Waals surface area contributed by atoms with Crippen LogP contribution in [0.15, 0.2) is 47.1 Å². The summed E-state index contributed by atoms with van der Waals surface area (Å²) in [4.78, 5) is 15.0. The number of methoxy groups -OCH3 is 2. The molecule has 2 heterocycles. The number of nitrogens with zero attached hydrogens (tertiary/aromatic N) is 1. The summed E-state index contributed by atoms with van der Waals surface area (Å²) in [6, 6.07) is 10.0. The van der Waals surface area contributed by atoms with Crippen molar-refractivity contribution in [2.45, 2.75) is 46.1 Å². The van der Waals surface area contributed by atoms with Crippen LogP contribution < -0.4 is 14.2 Å². The van der Waals surface area contributed by atoms with Gasteiger partial charge in [-0.3, -0.25) is 4.79 Å². The predicted molar refractivity (Wildman–Crippen MR) is 135 cm³/mol. The van der Waals surface area contributed by atoms with E-state index in [0.717, 1.165) is 52.6 Å². The van der Waals surface area contributed by atoms with Gasteiger partial charge in [0.2, 0.25) is 5.91 Å². The van der Waals surface area contributed by atoms with E-state index in [-0.39, 0.29) is 11.9 Å². The Morgan fingerprint density at radius 3 is 2.62 bits per heavy atom. The molecule has 1 fully saturated rings. The van der Waals surface area contributed by atoms with Gasteiger partial charge in [0.05, 0.1) is 27.1 Å². The summed E-state index contributed by atoms with van der Waals surface area (Å²) < 4.78 is 22.7. The zero-order chi connectivity index (χ0) is 24.2. The van der Waals surface area contributed by atoms with E-state index in [2.05, 4.69) is 13.0 Å². The molecule has 1 amide bonds. The number of amides is 1. The minimum Gasteiger partial charge on any atom is -0.493 e. The molecule has 0 N–H and O–H groups in total. The Balaban J connectivity index is 1.77. The quantitative estimate of drug-likeness (QED) is 0.384. The number of furan rings is 1. The van der Waals surface area contributed by atoms with E-state index < -0.39 is 0 Å². The number of piperidine rings is 1. The van der Waals surface area contributed by atoms with Gasteiger partial charge >= 0.3 is 0 Å². The van der Waals surface area contributed by atoms with Gasteiger partial charge in [-0.2, -0.15) is 0 Å². The molecule has 3 aromatic rings. The van der Waals surface area contributed by atoms with E-state index in [1.54, 1.807) is 26.6 Å². The minimum absolute atomic E-state index is 0.0551. The highest BCUT2D eigenvalue weighted by Crippen LogP contribution is 2.40. The molecule has 4 rings (SSSR count). The molecule has 1 atom stereocenters. The maximum absolute atomic E-state index is 13.1. The van der Waals surface area contributed by atoms with Gasteiger partial charge in [0.25, 0.3) is 0 Å². The second-order valence-electron chi connectivity index (χ2n) is 8.70. The first-order valence-electron chi connectivity index (χ1n) is 11.9. The van der Waals surface area contributed by atoms with Gasteiger partial charge in [0.1, 0.15) is 11.3 Å². The molecule has 0 radical (unpaired) electrons. The average Bonchev–Trinajstić information content (AvgIpc) is 3.26. The van der Waals surface area contributed by atoms with Gasteiger partial charge in [0.15, 0.2) is 11.5 Å². The highest BCUT2D eigenvalue weighted by molar-refractivity contribution is 6.00. The Bertz CT molecular complexity index is 1210. The first kappa shape index (κ1) is 23.7. The predicted octanol–water partition coefficient (Wildman–Crippen LogP) is 6.32. The van der Waals surface area contributed by atoms with E-state index in [0.29, 0.717) is 23.9 Å². The molecular formula is C28H33NO5. The van der Waals surface area contributed by atoms with Crippen LogP contribution in [-0.4, -0.2) is 44.2 Å². The number of carbonyl (C=O) groups excluding carboxylic acids is 1. The molecule has 6 heteroatoms. The molecule has 0 saturated carbocycles. The van der Waals surface area contributed by atoms with Crippen molar-refractivity contribution in [3.05, 3.63) is 48.2 Å². The minimum atomic E-state index is 0.0551. The Labute approximate surface area is 201 Å². The largest absolute Gasteiger partial charge is 0.493 e. The summed E-state index contributed by atoms with van der Waals surface area (Å²) in [5, 5.41) is 0.942. The van der Waals surface area contributed by atoms with Gasteiger partial charge in [-0.05, 0) is 69.4 Å². The summed E-state index contributed by atoms with van der Waals surface area (Å²) in [6.45, 7) is 7.37. The Morgan fingerprint density at radius 2 is 1.91 bits per heavy atom. The maximum Gasteiger partial charge on any atom is 0.247 e. The van der Waals surface area contributed by atoms with E-state index in [9.17, 15) is 4.79 Å². The molecule has 1 aromatic heterocycles. The van der Waals surface area contributed by atoms with Crippen LogP contribution >= 0.6 is 0 Å². The number of hydrogen-bond acceptors (Lipinski definition) is 5. The van der Waals surface area contributed by atoms with Crippen LogP contribution in [0.4, 0.5) is 0 Å². The second kappa shape index (κ2) is 10.2. The normalized spacial score (nSPS) is 16.6. The number of hydrogen-bond donors (Lipinski definition) is 0. The number of ether oxygens (including phenoxy) is 3. The van der Waals surface area contributed by atoms with E-state index in [1.807, 2.05) is 43.0 Å². The molecule has 6 nitrogen and oxygen atoms in total. The molecule has 0 aliphatic carbocycles. The zero-order valence-electron chi connectivity index (χ0n) is 20.6. The Hall–Kier alpha value is -3.41. The average molecular weight is 464 g/mol. The number of allylic oxidation sites excluding steroid dienone is 1. The van der Waals surface area contributed by atoms with Gasteiger partial charge in [-0.25, -0.2) is 0 Å². The lowest BCUT2D eigenvalue weighted by Crippen LogP contribution is -2.41. The molecule has 34 heavy (non-hydrogen) atoms. The lowest BCUT2D eigenvalue weighted by Gasteiger charge is -2.32. The highest BCUT2D eigenvalue weighted by Gasteiger charge is 2.23. The van der Waals surface area contributed by atoms with Crippen molar-refractivity contribution in [3.63, 3.8) is 0 Å². The van der Waals surface area contributed by atoms with Crippen molar-refractivity contribution in [2.24, 2.45) is 0 Å². The lowest BCUT2D eigenvalue weighted by molar-refractivity contribution is -0.129.